The van der Waals surface area contributed by atoms with Gasteiger partial charge in [-0.25, -0.2) is 9.48 Å². The van der Waals surface area contributed by atoms with Gasteiger partial charge in [-0.15, -0.1) is 5.10 Å². The van der Waals surface area contributed by atoms with E-state index >= 15 is 0 Å². The summed E-state index contributed by atoms with van der Waals surface area (Å²) in [5.74, 6) is -0.173. The maximum absolute atomic E-state index is 12.6. The molecular weight excluding hydrogens is 384 g/mol. The first-order valence-corrected chi connectivity index (χ1v) is 9.87. The van der Waals surface area contributed by atoms with E-state index in [1.54, 1.807) is 10.7 Å². The predicted octanol–water partition coefficient (Wildman–Crippen LogP) is 1.39. The largest absolute Gasteiger partial charge is 0.465 e. The Morgan fingerprint density at radius 3 is 2.93 bits per heavy atom. The first-order valence-electron chi connectivity index (χ1n) is 9.87. The zero-order valence-electron chi connectivity index (χ0n) is 16.7. The standard InChI is InChI=1S/C21H24N6O3/c1-26-19-6-5-15(11-18(19)24-25-26)12-23-20(28)16-4-2-3-14(9-16)10-17-13-22-7-8-27(17)21(29)30/h2-6,9,11,17,22H,7-8,10,12-13H2,1H3,(H,23,28)(H,29,30)/t17-/m0/s1. The average Bonchev–Trinajstić information content (AvgIpc) is 3.12. The van der Waals surface area contributed by atoms with E-state index in [2.05, 4.69) is 20.9 Å². The van der Waals surface area contributed by atoms with Gasteiger partial charge in [-0.1, -0.05) is 23.4 Å². The summed E-state index contributed by atoms with van der Waals surface area (Å²) in [6.07, 6.45) is -0.348. The summed E-state index contributed by atoms with van der Waals surface area (Å²) in [6, 6.07) is 13.0. The number of amides is 2. The number of benzene rings is 2. The molecule has 1 fully saturated rings. The van der Waals surface area contributed by atoms with Gasteiger partial charge in [0.25, 0.3) is 5.91 Å². The van der Waals surface area contributed by atoms with Crippen molar-refractivity contribution in [1.82, 2.24) is 30.5 Å². The summed E-state index contributed by atoms with van der Waals surface area (Å²) in [4.78, 5) is 25.6. The van der Waals surface area contributed by atoms with E-state index in [1.165, 1.54) is 4.90 Å². The van der Waals surface area contributed by atoms with Gasteiger partial charge in [0.2, 0.25) is 0 Å². The lowest BCUT2D eigenvalue weighted by Gasteiger charge is -2.34. The van der Waals surface area contributed by atoms with Gasteiger partial charge in [0.1, 0.15) is 5.52 Å². The van der Waals surface area contributed by atoms with Crippen LogP contribution in [-0.2, 0) is 20.0 Å². The number of piperazine rings is 1. The second kappa shape index (κ2) is 8.50. The SMILES string of the molecule is Cn1nnc2cc(CNC(=O)c3cccc(C[C@H]4CNCCN4C(=O)O)c3)ccc21. The van der Waals surface area contributed by atoms with Crippen LogP contribution in [-0.4, -0.2) is 62.7 Å². The van der Waals surface area contributed by atoms with Crippen molar-refractivity contribution >= 4 is 23.0 Å². The van der Waals surface area contributed by atoms with Crippen LogP contribution in [0.1, 0.15) is 21.5 Å². The molecule has 1 saturated heterocycles. The zero-order chi connectivity index (χ0) is 21.1. The lowest BCUT2D eigenvalue weighted by Crippen LogP contribution is -2.54. The average molecular weight is 408 g/mol. The first-order chi connectivity index (χ1) is 14.5. The molecule has 30 heavy (non-hydrogen) atoms. The van der Waals surface area contributed by atoms with Gasteiger partial charge in [-0.2, -0.15) is 0 Å². The van der Waals surface area contributed by atoms with Crippen LogP contribution < -0.4 is 10.6 Å². The number of carbonyl (C=O) groups is 2. The molecule has 0 bridgehead atoms. The number of nitrogens with zero attached hydrogens (tertiary/aromatic N) is 4. The highest BCUT2D eigenvalue weighted by atomic mass is 16.4. The maximum Gasteiger partial charge on any atom is 0.407 e. The van der Waals surface area contributed by atoms with Gasteiger partial charge < -0.3 is 20.6 Å². The summed E-state index contributed by atoms with van der Waals surface area (Å²) >= 11 is 0. The third-order valence-electron chi connectivity index (χ3n) is 5.38. The third kappa shape index (κ3) is 4.25. The molecule has 2 aromatic carbocycles. The highest BCUT2D eigenvalue weighted by Crippen LogP contribution is 2.15. The number of carboxylic acid groups (broad SMARTS) is 1. The fourth-order valence-corrected chi connectivity index (χ4v) is 3.79. The predicted molar refractivity (Wildman–Crippen MR) is 111 cm³/mol. The van der Waals surface area contributed by atoms with E-state index in [1.807, 2.05) is 43.4 Å². The van der Waals surface area contributed by atoms with Crippen LogP contribution in [0.3, 0.4) is 0 Å². The van der Waals surface area contributed by atoms with Crippen LogP contribution in [0.25, 0.3) is 11.0 Å². The molecule has 1 aliphatic rings. The number of hydrogen-bond acceptors (Lipinski definition) is 5. The fraction of sp³-hybridized carbons (Fsp3) is 0.333. The van der Waals surface area contributed by atoms with E-state index < -0.39 is 6.09 Å². The van der Waals surface area contributed by atoms with Crippen molar-refractivity contribution in [2.45, 2.75) is 19.0 Å². The minimum Gasteiger partial charge on any atom is -0.465 e. The Labute approximate surface area is 173 Å². The van der Waals surface area contributed by atoms with Crippen LogP contribution in [0.15, 0.2) is 42.5 Å². The van der Waals surface area contributed by atoms with Gasteiger partial charge in [0, 0.05) is 38.8 Å². The van der Waals surface area contributed by atoms with E-state index in [0.717, 1.165) is 22.2 Å². The number of hydrogen-bond donors (Lipinski definition) is 3. The molecule has 1 aromatic heterocycles. The lowest BCUT2D eigenvalue weighted by molar-refractivity contribution is 0.0949. The molecule has 2 amide bonds. The van der Waals surface area contributed by atoms with Crippen molar-refractivity contribution in [2.24, 2.45) is 7.05 Å². The quantitative estimate of drug-likeness (QED) is 0.588. The van der Waals surface area contributed by atoms with E-state index in [4.69, 9.17) is 0 Å². The molecule has 4 rings (SSSR count). The topological polar surface area (TPSA) is 112 Å². The number of nitrogens with one attached hydrogen (secondary N) is 2. The molecule has 2 heterocycles. The zero-order valence-corrected chi connectivity index (χ0v) is 16.7. The monoisotopic (exact) mass is 408 g/mol. The second-order valence-electron chi connectivity index (χ2n) is 7.46. The molecule has 1 atom stereocenters. The Kier molecular flexibility index (Phi) is 5.62. The molecule has 3 aromatic rings. The smallest absolute Gasteiger partial charge is 0.407 e. The van der Waals surface area contributed by atoms with Gasteiger partial charge >= 0.3 is 6.09 Å². The fourth-order valence-electron chi connectivity index (χ4n) is 3.79. The Hall–Kier alpha value is -3.46. The molecule has 1 aliphatic heterocycles. The lowest BCUT2D eigenvalue weighted by atomic mass is 10.0. The molecular formula is C21H24N6O3. The van der Waals surface area contributed by atoms with Crippen LogP contribution in [0.2, 0.25) is 0 Å². The molecule has 0 unspecified atom stereocenters. The molecule has 0 saturated carbocycles. The molecule has 156 valence electrons. The second-order valence-corrected chi connectivity index (χ2v) is 7.46. The number of aromatic nitrogens is 3. The minimum atomic E-state index is -0.907. The van der Waals surface area contributed by atoms with Gasteiger partial charge in [0.05, 0.1) is 11.6 Å². The Balaban J connectivity index is 1.41. The van der Waals surface area contributed by atoms with Crippen molar-refractivity contribution < 1.29 is 14.7 Å². The van der Waals surface area contributed by atoms with Crippen molar-refractivity contribution in [2.75, 3.05) is 19.6 Å². The molecule has 9 heteroatoms. The summed E-state index contributed by atoms with van der Waals surface area (Å²) in [6.45, 7) is 2.12. The molecule has 0 radical (unpaired) electrons. The Morgan fingerprint density at radius 2 is 2.10 bits per heavy atom. The van der Waals surface area contributed by atoms with Gasteiger partial charge in [-0.3, -0.25) is 4.79 Å². The van der Waals surface area contributed by atoms with E-state index in [9.17, 15) is 14.7 Å². The molecule has 0 aliphatic carbocycles. The summed E-state index contributed by atoms with van der Waals surface area (Å²) in [5.41, 5.74) is 4.15. The Bertz CT molecular complexity index is 1080. The number of rotatable bonds is 5. The number of aryl methyl sites for hydroxylation is 1. The first kappa shape index (κ1) is 19.8. The summed E-state index contributed by atoms with van der Waals surface area (Å²) in [7, 11) is 1.84. The van der Waals surface area contributed by atoms with Crippen LogP contribution in [0.5, 0.6) is 0 Å². The summed E-state index contributed by atoms with van der Waals surface area (Å²) < 4.78 is 1.70. The van der Waals surface area contributed by atoms with Gasteiger partial charge in [0.15, 0.2) is 0 Å². The van der Waals surface area contributed by atoms with E-state index in [-0.39, 0.29) is 11.9 Å². The molecule has 9 nitrogen and oxygen atoms in total. The van der Waals surface area contributed by atoms with Crippen molar-refractivity contribution in [3.05, 3.63) is 59.2 Å². The van der Waals surface area contributed by atoms with Crippen LogP contribution >= 0.6 is 0 Å². The molecule has 3 N–H and O–H groups in total. The maximum atomic E-state index is 12.6. The van der Waals surface area contributed by atoms with E-state index in [0.29, 0.717) is 38.2 Å². The highest BCUT2D eigenvalue weighted by molar-refractivity contribution is 5.94. The number of carbonyl (C=O) groups excluding carboxylic acids is 1. The normalized spacial score (nSPS) is 16.6. The van der Waals surface area contributed by atoms with Crippen molar-refractivity contribution in [1.29, 1.82) is 0 Å². The van der Waals surface area contributed by atoms with Crippen LogP contribution in [0.4, 0.5) is 4.79 Å². The number of fused-ring (bicyclic) bond motifs is 1. The van der Waals surface area contributed by atoms with Crippen molar-refractivity contribution in [3.63, 3.8) is 0 Å². The Morgan fingerprint density at radius 1 is 1.23 bits per heavy atom. The minimum absolute atomic E-state index is 0.145. The van der Waals surface area contributed by atoms with Crippen molar-refractivity contribution in [3.8, 4) is 0 Å². The third-order valence-corrected chi connectivity index (χ3v) is 5.38. The van der Waals surface area contributed by atoms with Gasteiger partial charge in [-0.05, 0) is 41.8 Å². The highest BCUT2D eigenvalue weighted by Gasteiger charge is 2.26. The van der Waals surface area contributed by atoms with Crippen LogP contribution in [0, 0.1) is 0 Å². The molecule has 0 spiro atoms. The summed E-state index contributed by atoms with van der Waals surface area (Å²) in [5, 5.41) is 23.7.